The Morgan fingerprint density at radius 1 is 1.12 bits per heavy atom. The second kappa shape index (κ2) is 5.86. The SMILES string of the molecule is C/C=C\C(=C/CC)c1ccc(C(C)(C)C)cc1. The molecule has 0 atom stereocenters. The molecule has 0 heterocycles. The Labute approximate surface area is 106 Å². The van der Waals surface area contributed by atoms with Crippen LogP contribution in [0.5, 0.6) is 0 Å². The lowest BCUT2D eigenvalue weighted by Crippen LogP contribution is -2.10. The highest BCUT2D eigenvalue weighted by Crippen LogP contribution is 2.24. The van der Waals surface area contributed by atoms with Gasteiger partial charge in [-0.2, -0.15) is 0 Å². The summed E-state index contributed by atoms with van der Waals surface area (Å²) in [6.45, 7) is 11.0. The van der Waals surface area contributed by atoms with Crippen molar-refractivity contribution in [2.24, 2.45) is 0 Å². The van der Waals surface area contributed by atoms with Gasteiger partial charge in [0.15, 0.2) is 0 Å². The van der Waals surface area contributed by atoms with Gasteiger partial charge in [0.05, 0.1) is 0 Å². The molecule has 0 nitrogen and oxygen atoms in total. The van der Waals surface area contributed by atoms with E-state index < -0.39 is 0 Å². The van der Waals surface area contributed by atoms with Crippen molar-refractivity contribution < 1.29 is 0 Å². The van der Waals surface area contributed by atoms with Crippen molar-refractivity contribution in [1.29, 1.82) is 0 Å². The molecular formula is C17H24. The van der Waals surface area contributed by atoms with E-state index in [0.29, 0.717) is 0 Å². The van der Waals surface area contributed by atoms with Gasteiger partial charge in [0.1, 0.15) is 0 Å². The maximum atomic E-state index is 2.27. The predicted molar refractivity (Wildman–Crippen MR) is 78.2 cm³/mol. The van der Waals surface area contributed by atoms with Crippen LogP contribution in [0.2, 0.25) is 0 Å². The van der Waals surface area contributed by atoms with E-state index in [4.69, 9.17) is 0 Å². The van der Waals surface area contributed by atoms with Crippen LogP contribution in [-0.2, 0) is 5.41 Å². The van der Waals surface area contributed by atoms with E-state index in [1.165, 1.54) is 16.7 Å². The first kappa shape index (κ1) is 13.8. The zero-order valence-corrected chi connectivity index (χ0v) is 11.7. The number of hydrogen-bond acceptors (Lipinski definition) is 0. The lowest BCUT2D eigenvalue weighted by Gasteiger charge is -2.19. The van der Waals surface area contributed by atoms with Gasteiger partial charge in [-0.05, 0) is 35.5 Å². The Hall–Kier alpha value is -1.30. The molecule has 0 aliphatic carbocycles. The summed E-state index contributed by atoms with van der Waals surface area (Å²) in [5.74, 6) is 0. The van der Waals surface area contributed by atoms with Crippen LogP contribution in [0.4, 0.5) is 0 Å². The van der Waals surface area contributed by atoms with E-state index >= 15 is 0 Å². The van der Waals surface area contributed by atoms with E-state index in [1.54, 1.807) is 0 Å². The van der Waals surface area contributed by atoms with Crippen molar-refractivity contribution in [3.05, 3.63) is 53.6 Å². The molecule has 1 aromatic rings. The highest BCUT2D eigenvalue weighted by atomic mass is 14.2. The molecule has 0 unspecified atom stereocenters. The van der Waals surface area contributed by atoms with Crippen LogP contribution in [0.25, 0.3) is 5.57 Å². The number of allylic oxidation sites excluding steroid dienone is 4. The highest BCUT2D eigenvalue weighted by Gasteiger charge is 2.12. The average molecular weight is 228 g/mol. The third kappa shape index (κ3) is 3.89. The van der Waals surface area contributed by atoms with Crippen LogP contribution < -0.4 is 0 Å². The smallest absolute Gasteiger partial charge is 0.0132 e. The van der Waals surface area contributed by atoms with Crippen molar-refractivity contribution in [2.75, 3.05) is 0 Å². The molecule has 0 aliphatic heterocycles. The first-order valence-electron chi connectivity index (χ1n) is 6.42. The molecule has 0 N–H and O–H groups in total. The summed E-state index contributed by atoms with van der Waals surface area (Å²) in [6, 6.07) is 8.93. The molecule has 0 spiro atoms. The quantitative estimate of drug-likeness (QED) is 0.611. The zero-order chi connectivity index (χ0) is 12.9. The van der Waals surface area contributed by atoms with Crippen molar-refractivity contribution >= 4 is 5.57 Å². The van der Waals surface area contributed by atoms with E-state index in [1.807, 2.05) is 0 Å². The zero-order valence-electron chi connectivity index (χ0n) is 11.7. The van der Waals surface area contributed by atoms with Crippen molar-refractivity contribution in [3.63, 3.8) is 0 Å². The summed E-state index contributed by atoms with van der Waals surface area (Å²) < 4.78 is 0. The second-order valence-electron chi connectivity index (χ2n) is 5.40. The fraction of sp³-hybridized carbons (Fsp3) is 0.412. The maximum Gasteiger partial charge on any atom is -0.0132 e. The first-order valence-corrected chi connectivity index (χ1v) is 6.42. The lowest BCUT2D eigenvalue weighted by molar-refractivity contribution is 0.590. The normalized spacial score (nSPS) is 13.4. The first-order chi connectivity index (χ1) is 7.99. The largest absolute Gasteiger partial charge is 0.0871 e. The molecule has 0 aliphatic rings. The van der Waals surface area contributed by atoms with Crippen molar-refractivity contribution in [2.45, 2.75) is 46.5 Å². The minimum atomic E-state index is 0.230. The molecule has 0 heteroatoms. The molecule has 0 saturated carbocycles. The van der Waals surface area contributed by atoms with Gasteiger partial charge in [-0.1, -0.05) is 70.2 Å². The summed E-state index contributed by atoms with van der Waals surface area (Å²) in [7, 11) is 0. The Kier molecular flexibility index (Phi) is 4.74. The molecule has 17 heavy (non-hydrogen) atoms. The topological polar surface area (TPSA) is 0 Å². The van der Waals surface area contributed by atoms with Crippen LogP contribution in [0.15, 0.2) is 42.5 Å². The molecule has 1 rings (SSSR count). The molecule has 0 radical (unpaired) electrons. The minimum absolute atomic E-state index is 0.230. The molecule has 0 saturated heterocycles. The van der Waals surface area contributed by atoms with Gasteiger partial charge >= 0.3 is 0 Å². The van der Waals surface area contributed by atoms with Crippen LogP contribution >= 0.6 is 0 Å². The monoisotopic (exact) mass is 228 g/mol. The fourth-order valence-electron chi connectivity index (χ4n) is 1.84. The van der Waals surface area contributed by atoms with Crippen LogP contribution in [-0.4, -0.2) is 0 Å². The molecule has 0 bridgehead atoms. The van der Waals surface area contributed by atoms with Gasteiger partial charge in [0.25, 0.3) is 0 Å². The van der Waals surface area contributed by atoms with Crippen LogP contribution in [0.1, 0.15) is 52.2 Å². The van der Waals surface area contributed by atoms with Crippen molar-refractivity contribution in [3.8, 4) is 0 Å². The molecule has 0 aromatic heterocycles. The van der Waals surface area contributed by atoms with Gasteiger partial charge in [0, 0.05) is 0 Å². The molecule has 1 aromatic carbocycles. The van der Waals surface area contributed by atoms with Crippen LogP contribution in [0, 0.1) is 0 Å². The summed E-state index contributed by atoms with van der Waals surface area (Å²) in [5.41, 5.74) is 4.24. The summed E-state index contributed by atoms with van der Waals surface area (Å²) in [4.78, 5) is 0. The lowest BCUT2D eigenvalue weighted by atomic mass is 9.86. The van der Waals surface area contributed by atoms with E-state index in [2.05, 4.69) is 77.1 Å². The average Bonchev–Trinajstić information content (AvgIpc) is 2.28. The summed E-state index contributed by atoms with van der Waals surface area (Å²) in [5, 5.41) is 0. The maximum absolute atomic E-state index is 2.27. The Bertz CT molecular complexity index is 397. The summed E-state index contributed by atoms with van der Waals surface area (Å²) in [6.07, 6.45) is 7.61. The third-order valence-electron chi connectivity index (χ3n) is 2.85. The minimum Gasteiger partial charge on any atom is -0.0871 e. The number of rotatable bonds is 3. The Balaban J connectivity index is 3.05. The number of benzene rings is 1. The molecule has 0 amide bonds. The van der Waals surface area contributed by atoms with Crippen LogP contribution in [0.3, 0.4) is 0 Å². The molecular weight excluding hydrogens is 204 g/mol. The number of hydrogen-bond donors (Lipinski definition) is 0. The fourth-order valence-corrected chi connectivity index (χ4v) is 1.84. The van der Waals surface area contributed by atoms with E-state index in [9.17, 15) is 0 Å². The Morgan fingerprint density at radius 2 is 1.71 bits per heavy atom. The van der Waals surface area contributed by atoms with E-state index in [-0.39, 0.29) is 5.41 Å². The molecule has 0 fully saturated rings. The van der Waals surface area contributed by atoms with E-state index in [0.717, 1.165) is 6.42 Å². The van der Waals surface area contributed by atoms with Gasteiger partial charge in [-0.25, -0.2) is 0 Å². The second-order valence-corrected chi connectivity index (χ2v) is 5.40. The van der Waals surface area contributed by atoms with Gasteiger partial charge in [-0.15, -0.1) is 0 Å². The predicted octanol–water partition coefficient (Wildman–Crippen LogP) is 5.35. The Morgan fingerprint density at radius 3 is 2.12 bits per heavy atom. The van der Waals surface area contributed by atoms with Gasteiger partial charge < -0.3 is 0 Å². The van der Waals surface area contributed by atoms with Crippen molar-refractivity contribution in [1.82, 2.24) is 0 Å². The standard InChI is InChI=1S/C17H24/c1-6-8-14(9-7-2)15-10-12-16(13-11-15)17(3,4)5/h6,8-13H,7H2,1-5H3/b8-6-,14-9+. The summed E-state index contributed by atoms with van der Waals surface area (Å²) >= 11 is 0. The van der Waals surface area contributed by atoms with Gasteiger partial charge in [-0.3, -0.25) is 0 Å². The molecule has 92 valence electrons. The highest BCUT2D eigenvalue weighted by molar-refractivity contribution is 5.74. The third-order valence-corrected chi connectivity index (χ3v) is 2.85. The van der Waals surface area contributed by atoms with Gasteiger partial charge in [0.2, 0.25) is 0 Å².